The Kier molecular flexibility index (Phi) is 10.9. The first-order valence-electron chi connectivity index (χ1n) is 10.4. The molecule has 3 heterocycles. The van der Waals surface area contributed by atoms with Crippen LogP contribution in [-0.2, 0) is 36.3 Å². The van der Waals surface area contributed by atoms with Crippen LogP contribution >= 0.6 is 45.1 Å². The number of phosphoric ester groups is 1. The average Bonchev–Trinajstić information content (AvgIpc) is 3.35. The van der Waals surface area contributed by atoms with E-state index in [1.165, 1.54) is 32.4 Å². The molecule has 23 heteroatoms. The van der Waals surface area contributed by atoms with E-state index in [0.29, 0.717) is 5.56 Å². The molecule has 0 aromatic carbocycles. The molecule has 1 aliphatic rings. The highest BCUT2D eigenvalue weighted by Crippen LogP contribution is 2.66. The number of H-pyrrole nitrogens is 1. The highest BCUT2D eigenvalue weighted by Gasteiger charge is 2.43. The molecule has 3 rings (SSSR count). The second kappa shape index (κ2) is 13.2. The van der Waals surface area contributed by atoms with Crippen molar-refractivity contribution < 1.29 is 55.9 Å². The van der Waals surface area contributed by atoms with Crippen molar-refractivity contribution >= 4 is 62.0 Å². The quantitative estimate of drug-likeness (QED) is 0.0544. The molecule has 3 unspecified atom stereocenters. The van der Waals surface area contributed by atoms with Gasteiger partial charge < -0.3 is 45.1 Å². The van der Waals surface area contributed by atoms with Crippen molar-refractivity contribution in [1.82, 2.24) is 14.5 Å². The maximum atomic E-state index is 12.6. The molecule has 0 amide bonds. The van der Waals surface area contributed by atoms with Crippen LogP contribution in [0.25, 0.3) is 11.0 Å². The highest BCUT2D eigenvalue weighted by molar-refractivity contribution is 8.76. The molecule has 2 aromatic rings. The van der Waals surface area contributed by atoms with Gasteiger partial charge in [-0.3, -0.25) is 14.3 Å². The number of phosphoric acid groups is 3. The van der Waals surface area contributed by atoms with Gasteiger partial charge in [0.2, 0.25) is 5.95 Å². The van der Waals surface area contributed by atoms with E-state index in [1.54, 1.807) is 0 Å². The highest BCUT2D eigenvalue weighted by atomic mass is 33.1. The minimum Gasteiger partial charge on any atom is -0.369 e. The lowest BCUT2D eigenvalue weighted by Gasteiger charge is -2.21. The number of nitrogens with two attached hydrogens (primary N) is 2. The van der Waals surface area contributed by atoms with Gasteiger partial charge in [-0.1, -0.05) is 33.4 Å². The van der Waals surface area contributed by atoms with Crippen molar-refractivity contribution in [3.05, 3.63) is 22.1 Å². The van der Waals surface area contributed by atoms with Gasteiger partial charge in [0.15, 0.2) is 5.65 Å². The average molecular weight is 651 g/mol. The predicted molar refractivity (Wildman–Crippen MR) is 140 cm³/mol. The molecule has 18 nitrogen and oxygen atoms in total. The Labute approximate surface area is 227 Å². The van der Waals surface area contributed by atoms with Crippen LogP contribution in [0.3, 0.4) is 0 Å². The molecule has 1 saturated heterocycles. The molecule has 9 N–H and O–H groups in total. The van der Waals surface area contributed by atoms with E-state index in [9.17, 15) is 28.3 Å². The number of rotatable bonds is 12. The SMILES string of the molecule is CSSCO[C@H]1CC(n2cc(C#CCN)c3c(=O)[nH]c(N)nc32)O[C@@H]1COP(=O)(O)OP(=O)(O)OP(=O)(O)O. The van der Waals surface area contributed by atoms with E-state index in [1.807, 2.05) is 6.26 Å². The minimum absolute atomic E-state index is 0.0264. The number of aromatic amines is 1. The van der Waals surface area contributed by atoms with E-state index in [2.05, 4.69) is 30.4 Å². The number of anilines is 1. The summed E-state index contributed by atoms with van der Waals surface area (Å²) in [5, 5.41) is 0.126. The van der Waals surface area contributed by atoms with Crippen LogP contribution in [0.2, 0.25) is 0 Å². The van der Waals surface area contributed by atoms with Crippen molar-refractivity contribution in [2.45, 2.75) is 24.9 Å². The summed E-state index contributed by atoms with van der Waals surface area (Å²) in [7, 11) is -13.9. The van der Waals surface area contributed by atoms with Gasteiger partial charge >= 0.3 is 23.5 Å². The van der Waals surface area contributed by atoms with Crippen LogP contribution in [0.4, 0.5) is 5.95 Å². The summed E-state index contributed by atoms with van der Waals surface area (Å²) in [4.78, 5) is 55.6. The lowest BCUT2D eigenvalue weighted by molar-refractivity contribution is -0.0520. The van der Waals surface area contributed by atoms with Crippen molar-refractivity contribution in [3.63, 3.8) is 0 Å². The maximum absolute atomic E-state index is 12.6. The Bertz CT molecular complexity index is 1450. The van der Waals surface area contributed by atoms with E-state index in [0.717, 1.165) is 0 Å². The van der Waals surface area contributed by atoms with Crippen LogP contribution in [0.5, 0.6) is 0 Å². The number of nitrogens with one attached hydrogen (secondary N) is 1. The van der Waals surface area contributed by atoms with E-state index >= 15 is 0 Å². The molecule has 218 valence electrons. The zero-order chi connectivity index (χ0) is 29.0. The normalized spacial score (nSPS) is 22.8. The first-order valence-corrected chi connectivity index (χ1v) is 17.7. The van der Waals surface area contributed by atoms with Crippen molar-refractivity contribution in [3.8, 4) is 11.8 Å². The third kappa shape index (κ3) is 9.13. The summed E-state index contributed by atoms with van der Waals surface area (Å²) >= 11 is 0. The van der Waals surface area contributed by atoms with Gasteiger partial charge in [-0.05, 0) is 6.26 Å². The molecule has 0 spiro atoms. The molecule has 0 radical (unpaired) electrons. The number of nitrogens with zero attached hydrogens (tertiary/aromatic N) is 2. The van der Waals surface area contributed by atoms with Gasteiger partial charge in [-0.2, -0.15) is 13.6 Å². The molecule has 1 aliphatic heterocycles. The zero-order valence-corrected chi connectivity index (χ0v) is 24.1. The molecule has 5 atom stereocenters. The van der Waals surface area contributed by atoms with Gasteiger partial charge in [0, 0.05) is 12.6 Å². The van der Waals surface area contributed by atoms with Gasteiger partial charge in [0.1, 0.15) is 18.3 Å². The van der Waals surface area contributed by atoms with Gasteiger partial charge in [0.25, 0.3) is 5.56 Å². The number of aromatic nitrogens is 3. The molecule has 0 bridgehead atoms. The van der Waals surface area contributed by atoms with Crippen LogP contribution in [0.1, 0.15) is 18.2 Å². The number of hydrogen-bond donors (Lipinski definition) is 7. The third-order valence-corrected chi connectivity index (χ3v) is 10.0. The smallest absolute Gasteiger partial charge is 0.369 e. The Morgan fingerprint density at radius 3 is 2.62 bits per heavy atom. The van der Waals surface area contributed by atoms with Crippen LogP contribution in [0, 0.1) is 11.8 Å². The molecule has 0 aliphatic carbocycles. The topological polar surface area (TPSA) is 281 Å². The number of ether oxygens (including phenoxy) is 2. The fourth-order valence-corrected chi connectivity index (χ4v) is 7.28. The summed E-state index contributed by atoms with van der Waals surface area (Å²) in [5.74, 6) is 5.44. The second-order valence-electron chi connectivity index (χ2n) is 7.46. The Morgan fingerprint density at radius 1 is 1.26 bits per heavy atom. The largest absolute Gasteiger partial charge is 0.490 e. The summed E-state index contributed by atoms with van der Waals surface area (Å²) < 4.78 is 60.0. The Morgan fingerprint density at radius 2 is 1.97 bits per heavy atom. The maximum Gasteiger partial charge on any atom is 0.490 e. The number of fused-ring (bicyclic) bond motifs is 1. The Balaban J connectivity index is 1.86. The monoisotopic (exact) mass is 651 g/mol. The summed E-state index contributed by atoms with van der Waals surface area (Å²) in [5.41, 5.74) is 11.0. The zero-order valence-electron chi connectivity index (χ0n) is 19.8. The van der Waals surface area contributed by atoms with E-state index < -0.39 is 54.1 Å². The molecule has 2 aromatic heterocycles. The van der Waals surface area contributed by atoms with Crippen LogP contribution in [-0.4, -0.2) is 71.7 Å². The second-order valence-corrected chi connectivity index (χ2v) is 14.4. The first kappa shape index (κ1) is 32.3. The summed E-state index contributed by atoms with van der Waals surface area (Å²) in [6, 6.07) is 0. The van der Waals surface area contributed by atoms with Crippen molar-refractivity contribution in [2.24, 2.45) is 5.73 Å². The standard InChI is InChI=1S/C16H24N5O13P3S2/c1-38-39-8-30-10-5-12(21-6-9(3-2-4-17)13-14(21)19-16(18)20-15(13)22)32-11(10)7-31-36(26,27)34-37(28,29)33-35(23,24)25/h6,10-12H,4-5,7-8,17H2,1H3,(H,26,27)(H,28,29)(H2,23,24,25)(H3,18,19,20,22)/t10-,11+,12?/m0/s1. The van der Waals surface area contributed by atoms with Crippen LogP contribution < -0.4 is 17.0 Å². The fraction of sp³-hybridized carbons (Fsp3) is 0.500. The summed E-state index contributed by atoms with van der Waals surface area (Å²) in [6.45, 7) is -0.706. The van der Waals surface area contributed by atoms with Gasteiger partial charge in [-0.25, -0.2) is 13.7 Å². The van der Waals surface area contributed by atoms with E-state index in [4.69, 9.17) is 35.3 Å². The Hall–Kier alpha value is -1.23. The molecule has 1 fully saturated rings. The third-order valence-electron chi connectivity index (χ3n) is 4.78. The fourth-order valence-electron chi connectivity index (χ4n) is 3.46. The predicted octanol–water partition coefficient (Wildman–Crippen LogP) is 0.602. The molecule has 39 heavy (non-hydrogen) atoms. The first-order chi connectivity index (χ1) is 18.1. The lowest BCUT2D eigenvalue weighted by atomic mass is 10.2. The molecular formula is C16H24N5O13P3S2. The van der Waals surface area contributed by atoms with Gasteiger partial charge in [-0.15, -0.1) is 0 Å². The van der Waals surface area contributed by atoms with Crippen molar-refractivity contribution in [1.29, 1.82) is 0 Å². The summed E-state index contributed by atoms with van der Waals surface area (Å²) in [6.07, 6.45) is 0.737. The minimum atomic E-state index is -5.70. The number of hydrogen-bond acceptors (Lipinski definition) is 14. The van der Waals surface area contributed by atoms with Crippen molar-refractivity contribution in [2.75, 3.05) is 31.1 Å². The van der Waals surface area contributed by atoms with Gasteiger partial charge in [0.05, 0.1) is 30.2 Å². The number of nitrogen functional groups attached to an aromatic ring is 1. The van der Waals surface area contributed by atoms with E-state index in [-0.39, 0.29) is 35.9 Å². The molecule has 0 saturated carbocycles. The van der Waals surface area contributed by atoms with Crippen LogP contribution in [0.15, 0.2) is 11.0 Å². The molecular weight excluding hydrogens is 627 g/mol. The lowest BCUT2D eigenvalue weighted by Crippen LogP contribution is -2.28.